The van der Waals surface area contributed by atoms with Crippen molar-refractivity contribution < 1.29 is 9.53 Å². The van der Waals surface area contributed by atoms with Gasteiger partial charge >= 0.3 is 6.09 Å². The Morgan fingerprint density at radius 3 is 2.46 bits per heavy atom. The molecule has 1 aliphatic heterocycles. The molecule has 0 aromatic rings. The van der Waals surface area contributed by atoms with Crippen molar-refractivity contribution in [2.75, 3.05) is 0 Å². The van der Waals surface area contributed by atoms with Crippen molar-refractivity contribution in [3.63, 3.8) is 0 Å². The van der Waals surface area contributed by atoms with Crippen molar-refractivity contribution >= 4 is 28.7 Å². The van der Waals surface area contributed by atoms with Gasteiger partial charge in [-0.3, -0.25) is 0 Å². The van der Waals surface area contributed by atoms with E-state index in [1.807, 2.05) is 20.8 Å². The van der Waals surface area contributed by atoms with E-state index >= 15 is 0 Å². The Balaban J connectivity index is 2.84. The van der Waals surface area contributed by atoms with E-state index in [1.165, 1.54) is 0 Å². The van der Waals surface area contributed by atoms with Gasteiger partial charge in [0.25, 0.3) is 0 Å². The van der Waals surface area contributed by atoms with Crippen molar-refractivity contribution in [1.82, 2.24) is 5.32 Å². The summed E-state index contributed by atoms with van der Waals surface area (Å²) >= 11 is 2.12. The molecular formula is C9H14INO2. The van der Waals surface area contributed by atoms with Crippen LogP contribution in [0.5, 0.6) is 0 Å². The lowest BCUT2D eigenvalue weighted by Crippen LogP contribution is -2.39. The molecule has 1 heterocycles. The molecule has 0 spiro atoms. The van der Waals surface area contributed by atoms with Crippen LogP contribution in [0.4, 0.5) is 4.79 Å². The van der Waals surface area contributed by atoms with Crippen LogP contribution in [0.2, 0.25) is 0 Å². The van der Waals surface area contributed by atoms with E-state index in [-0.39, 0.29) is 23.7 Å². The third-order valence-corrected chi connectivity index (χ3v) is 2.67. The molecule has 1 amide bonds. The molecule has 4 heteroatoms. The maximum atomic E-state index is 11.0. The smallest absolute Gasteiger partial charge is 0.408 e. The molecule has 1 rings (SSSR count). The van der Waals surface area contributed by atoms with Crippen LogP contribution in [0, 0.1) is 5.41 Å². The predicted molar refractivity (Wildman–Crippen MR) is 59.8 cm³/mol. The highest BCUT2D eigenvalue weighted by atomic mass is 127. The minimum Gasteiger partial charge on any atom is -0.443 e. The van der Waals surface area contributed by atoms with Gasteiger partial charge in [0.1, 0.15) is 12.1 Å². The molecule has 1 saturated heterocycles. The second kappa shape index (κ2) is 3.48. The number of halogens is 1. The van der Waals surface area contributed by atoms with Crippen molar-refractivity contribution in [3.05, 3.63) is 10.2 Å². The molecule has 0 aliphatic carbocycles. The summed E-state index contributed by atoms with van der Waals surface area (Å²) in [6.45, 7) is 9.97. The Morgan fingerprint density at radius 2 is 2.15 bits per heavy atom. The zero-order valence-corrected chi connectivity index (χ0v) is 10.2. The van der Waals surface area contributed by atoms with Crippen LogP contribution in [0.1, 0.15) is 20.8 Å². The lowest BCUT2D eigenvalue weighted by Gasteiger charge is -2.28. The van der Waals surface area contributed by atoms with E-state index < -0.39 is 0 Å². The van der Waals surface area contributed by atoms with Crippen molar-refractivity contribution in [2.24, 2.45) is 5.41 Å². The average molecular weight is 295 g/mol. The Hall–Kier alpha value is -0.260. The molecule has 0 aromatic carbocycles. The number of rotatable bonds is 1. The van der Waals surface area contributed by atoms with Crippen molar-refractivity contribution in [2.45, 2.75) is 32.9 Å². The molecular weight excluding hydrogens is 281 g/mol. The first kappa shape index (κ1) is 10.8. The zero-order chi connectivity index (χ0) is 10.2. The number of hydrogen-bond acceptors (Lipinski definition) is 2. The lowest BCUT2D eigenvalue weighted by molar-refractivity contribution is 0.0629. The number of carbonyl (C=O) groups is 1. The van der Waals surface area contributed by atoms with Crippen molar-refractivity contribution in [3.8, 4) is 0 Å². The fraction of sp³-hybridized carbons (Fsp3) is 0.667. The molecule has 0 saturated carbocycles. The average Bonchev–Trinajstić information content (AvgIpc) is 2.29. The van der Waals surface area contributed by atoms with Crippen LogP contribution < -0.4 is 5.32 Å². The van der Waals surface area contributed by atoms with Gasteiger partial charge in [0.05, 0.1) is 0 Å². The first-order chi connectivity index (χ1) is 5.82. The minimum absolute atomic E-state index is 0.0576. The number of cyclic esters (lactones) is 1. The lowest BCUT2D eigenvalue weighted by atomic mass is 9.85. The first-order valence-corrected chi connectivity index (χ1v) is 5.21. The molecule has 74 valence electrons. The van der Waals surface area contributed by atoms with Crippen molar-refractivity contribution in [1.29, 1.82) is 0 Å². The van der Waals surface area contributed by atoms with Crippen LogP contribution >= 0.6 is 22.6 Å². The Morgan fingerprint density at radius 1 is 1.62 bits per heavy atom. The van der Waals surface area contributed by atoms with Gasteiger partial charge in [-0.25, -0.2) is 4.79 Å². The van der Waals surface area contributed by atoms with E-state index in [4.69, 9.17) is 4.74 Å². The van der Waals surface area contributed by atoms with Gasteiger partial charge in [-0.05, 0) is 22.6 Å². The molecule has 3 nitrogen and oxygen atoms in total. The minimum atomic E-state index is -0.345. The highest BCUT2D eigenvalue weighted by molar-refractivity contribution is 14.1. The number of alkyl carbamates (subject to hydrolysis) is 1. The zero-order valence-electron chi connectivity index (χ0n) is 8.06. The van der Waals surface area contributed by atoms with Crippen LogP contribution in [0.15, 0.2) is 10.2 Å². The molecule has 1 fully saturated rings. The number of hydrogen-bond donors (Lipinski definition) is 1. The van der Waals surface area contributed by atoms with Gasteiger partial charge in [0.2, 0.25) is 0 Å². The standard InChI is InChI=1S/C9H14INO2/c1-5(10)6-7(9(2,3)4)13-8(12)11-6/h6-7H,1H2,2-4H3,(H,11,12)/t6-,7+/m1/s1. The van der Waals surface area contributed by atoms with Crippen LogP contribution in [0.3, 0.4) is 0 Å². The summed E-state index contributed by atoms with van der Waals surface area (Å²) < 4.78 is 6.09. The normalized spacial score (nSPS) is 28.2. The van der Waals surface area contributed by atoms with E-state index in [0.717, 1.165) is 3.58 Å². The Labute approximate surface area is 92.1 Å². The predicted octanol–water partition coefficient (Wildman–Crippen LogP) is 2.46. The fourth-order valence-corrected chi connectivity index (χ4v) is 1.82. The van der Waals surface area contributed by atoms with E-state index in [0.29, 0.717) is 0 Å². The van der Waals surface area contributed by atoms with Gasteiger partial charge in [0.15, 0.2) is 0 Å². The maximum Gasteiger partial charge on any atom is 0.408 e. The summed E-state index contributed by atoms with van der Waals surface area (Å²) in [7, 11) is 0. The van der Waals surface area contributed by atoms with Gasteiger partial charge < -0.3 is 10.1 Å². The van der Waals surface area contributed by atoms with Crippen LogP contribution in [-0.4, -0.2) is 18.2 Å². The molecule has 2 atom stereocenters. The highest BCUT2D eigenvalue weighted by Crippen LogP contribution is 2.32. The number of nitrogens with one attached hydrogen (secondary N) is 1. The van der Waals surface area contributed by atoms with E-state index in [9.17, 15) is 4.79 Å². The number of carbonyl (C=O) groups excluding carboxylic acids is 1. The van der Waals surface area contributed by atoms with E-state index in [2.05, 4.69) is 34.5 Å². The molecule has 0 aromatic heterocycles. The second-order valence-corrected chi connectivity index (χ2v) is 5.65. The fourth-order valence-electron chi connectivity index (χ4n) is 1.34. The van der Waals surface area contributed by atoms with Crippen LogP contribution in [0.25, 0.3) is 0 Å². The Bertz CT molecular complexity index is 244. The summed E-state index contributed by atoms with van der Waals surface area (Å²) in [4.78, 5) is 11.0. The van der Waals surface area contributed by atoms with Gasteiger partial charge in [-0.2, -0.15) is 0 Å². The summed E-state index contributed by atoms with van der Waals surface area (Å²) in [6.07, 6.45) is -0.466. The highest BCUT2D eigenvalue weighted by Gasteiger charge is 2.42. The maximum absolute atomic E-state index is 11.0. The van der Waals surface area contributed by atoms with E-state index in [1.54, 1.807) is 0 Å². The third-order valence-electron chi connectivity index (χ3n) is 2.00. The molecule has 0 unspecified atom stereocenters. The van der Waals surface area contributed by atoms with Crippen LogP contribution in [-0.2, 0) is 4.74 Å². The second-order valence-electron chi connectivity index (χ2n) is 4.26. The monoisotopic (exact) mass is 295 g/mol. The SMILES string of the molecule is C=C(I)[C@H]1NC(=O)O[C@@H]1C(C)(C)C. The Kier molecular flexibility index (Phi) is 2.89. The number of amides is 1. The molecule has 1 aliphatic rings. The molecule has 13 heavy (non-hydrogen) atoms. The van der Waals surface area contributed by atoms with Gasteiger partial charge in [-0.15, -0.1) is 0 Å². The molecule has 1 N–H and O–H groups in total. The third kappa shape index (κ3) is 2.36. The van der Waals surface area contributed by atoms with Gasteiger partial charge in [0, 0.05) is 8.99 Å². The summed E-state index contributed by atoms with van der Waals surface area (Å²) in [5.41, 5.74) is -0.0576. The number of ether oxygens (including phenoxy) is 1. The quantitative estimate of drug-likeness (QED) is 0.755. The largest absolute Gasteiger partial charge is 0.443 e. The summed E-state index contributed by atoms with van der Waals surface area (Å²) in [6, 6.07) is -0.0619. The topological polar surface area (TPSA) is 38.3 Å². The summed E-state index contributed by atoms with van der Waals surface area (Å²) in [5.74, 6) is 0. The molecule has 0 radical (unpaired) electrons. The molecule has 0 bridgehead atoms. The van der Waals surface area contributed by atoms with Gasteiger partial charge in [-0.1, -0.05) is 27.4 Å². The first-order valence-electron chi connectivity index (χ1n) is 4.14. The summed E-state index contributed by atoms with van der Waals surface area (Å²) in [5, 5.41) is 2.74.